The van der Waals surface area contributed by atoms with Gasteiger partial charge in [0.2, 0.25) is 5.91 Å². The summed E-state index contributed by atoms with van der Waals surface area (Å²) in [4.78, 5) is 12.4. The second-order valence-electron chi connectivity index (χ2n) is 4.56. The Bertz CT molecular complexity index is 466. The lowest BCUT2D eigenvalue weighted by atomic mass is 10.0. The van der Waals surface area contributed by atoms with Crippen molar-refractivity contribution in [1.29, 1.82) is 0 Å². The van der Waals surface area contributed by atoms with Gasteiger partial charge in [-0.25, -0.2) is 5.84 Å². The first-order chi connectivity index (χ1) is 9.85. The van der Waals surface area contributed by atoms with Gasteiger partial charge < -0.3 is 5.11 Å². The molecule has 0 aliphatic rings. The number of hydrogen-bond acceptors (Lipinski definition) is 4. The highest BCUT2D eigenvalue weighted by atomic mass is 19.4. The van der Waals surface area contributed by atoms with Crippen LogP contribution in [0.3, 0.4) is 0 Å². The Hall–Kier alpha value is -1.64. The number of benzene rings is 1. The van der Waals surface area contributed by atoms with Crippen molar-refractivity contribution >= 4 is 5.91 Å². The van der Waals surface area contributed by atoms with Gasteiger partial charge in [0.05, 0.1) is 19.6 Å². The highest BCUT2D eigenvalue weighted by Gasteiger charge is 2.30. The number of aliphatic hydroxyl groups excluding tert-OH is 1. The normalized spacial score (nSPS) is 11.7. The third kappa shape index (κ3) is 6.56. The molecule has 21 heavy (non-hydrogen) atoms. The summed E-state index contributed by atoms with van der Waals surface area (Å²) in [5, 5.41) is 8.87. The molecule has 0 heterocycles. The molecule has 0 spiro atoms. The summed E-state index contributed by atoms with van der Waals surface area (Å²) in [7, 11) is 0. The minimum Gasteiger partial charge on any atom is -0.395 e. The van der Waals surface area contributed by atoms with Crippen LogP contribution in [0.15, 0.2) is 24.3 Å². The number of hydrazine groups is 1. The molecule has 1 rings (SSSR count). The second-order valence-corrected chi connectivity index (χ2v) is 4.56. The number of amides is 1. The van der Waals surface area contributed by atoms with Gasteiger partial charge in [-0.15, -0.1) is 0 Å². The van der Waals surface area contributed by atoms with Crippen LogP contribution in [0.4, 0.5) is 13.2 Å². The number of carbonyl (C=O) groups excluding carboxylic acids is 1. The Labute approximate surface area is 120 Å². The third-order valence-electron chi connectivity index (χ3n) is 2.84. The Morgan fingerprint density at radius 2 is 1.90 bits per heavy atom. The number of aliphatic hydroxyl groups is 1. The maximum absolute atomic E-state index is 12.5. The Morgan fingerprint density at radius 3 is 2.43 bits per heavy atom. The van der Waals surface area contributed by atoms with E-state index in [9.17, 15) is 18.0 Å². The molecule has 0 aliphatic heterocycles. The molecule has 0 saturated heterocycles. The molecule has 1 amide bonds. The minimum atomic E-state index is -4.35. The molecule has 8 heteroatoms. The summed E-state index contributed by atoms with van der Waals surface area (Å²) < 4.78 is 37.5. The lowest BCUT2D eigenvalue weighted by Crippen LogP contribution is -2.36. The van der Waals surface area contributed by atoms with Crippen molar-refractivity contribution in [3.05, 3.63) is 35.4 Å². The first-order valence-electron chi connectivity index (χ1n) is 6.32. The lowest BCUT2D eigenvalue weighted by Gasteiger charge is -2.23. The zero-order chi connectivity index (χ0) is 15.9. The lowest BCUT2D eigenvalue weighted by molar-refractivity contribution is -0.148. The van der Waals surface area contributed by atoms with Crippen LogP contribution in [0.1, 0.15) is 11.1 Å². The number of nitrogens with two attached hydrogens (primary N) is 1. The molecule has 0 aliphatic carbocycles. The van der Waals surface area contributed by atoms with Crippen molar-refractivity contribution in [2.24, 2.45) is 5.84 Å². The van der Waals surface area contributed by atoms with E-state index >= 15 is 0 Å². The molecule has 0 aromatic heterocycles. The fourth-order valence-electron chi connectivity index (χ4n) is 1.96. The van der Waals surface area contributed by atoms with Crippen molar-refractivity contribution in [2.75, 3.05) is 19.7 Å². The van der Waals surface area contributed by atoms with Gasteiger partial charge in [-0.3, -0.25) is 15.1 Å². The summed E-state index contributed by atoms with van der Waals surface area (Å²) in [5.74, 6) is 4.59. The van der Waals surface area contributed by atoms with E-state index in [0.29, 0.717) is 11.1 Å². The van der Waals surface area contributed by atoms with Crippen molar-refractivity contribution < 1.29 is 23.1 Å². The number of halogens is 3. The van der Waals surface area contributed by atoms with Gasteiger partial charge in [-0.05, 0) is 11.1 Å². The van der Waals surface area contributed by atoms with Gasteiger partial charge in [0.25, 0.3) is 0 Å². The number of hydrogen-bond donors (Lipinski definition) is 3. The number of nitrogens with zero attached hydrogens (tertiary/aromatic N) is 1. The molecule has 1 aromatic carbocycles. The van der Waals surface area contributed by atoms with Crippen LogP contribution in [-0.2, 0) is 17.8 Å². The molecule has 1 aromatic rings. The highest BCUT2D eigenvalue weighted by Crippen LogP contribution is 2.19. The van der Waals surface area contributed by atoms with Crippen molar-refractivity contribution in [3.63, 3.8) is 0 Å². The zero-order valence-electron chi connectivity index (χ0n) is 11.4. The summed E-state index contributed by atoms with van der Waals surface area (Å²) in [6, 6.07) is 6.70. The predicted octanol–water partition coefficient (Wildman–Crippen LogP) is 0.576. The van der Waals surface area contributed by atoms with Crippen molar-refractivity contribution in [2.45, 2.75) is 19.1 Å². The van der Waals surface area contributed by atoms with E-state index in [1.165, 1.54) is 0 Å². The van der Waals surface area contributed by atoms with Gasteiger partial charge in [-0.2, -0.15) is 13.2 Å². The van der Waals surface area contributed by atoms with Crippen LogP contribution in [0.5, 0.6) is 0 Å². The van der Waals surface area contributed by atoms with E-state index in [0.717, 1.165) is 4.90 Å². The summed E-state index contributed by atoms with van der Waals surface area (Å²) in [6.45, 7) is -1.60. The average Bonchev–Trinajstić information content (AvgIpc) is 2.39. The van der Waals surface area contributed by atoms with E-state index in [-0.39, 0.29) is 26.1 Å². The topological polar surface area (TPSA) is 78.6 Å². The predicted molar refractivity (Wildman–Crippen MR) is 70.9 cm³/mol. The summed E-state index contributed by atoms with van der Waals surface area (Å²) >= 11 is 0. The van der Waals surface area contributed by atoms with E-state index < -0.39 is 18.6 Å². The third-order valence-corrected chi connectivity index (χ3v) is 2.84. The van der Waals surface area contributed by atoms with Crippen molar-refractivity contribution in [3.8, 4) is 0 Å². The van der Waals surface area contributed by atoms with E-state index in [4.69, 9.17) is 10.9 Å². The second kappa shape index (κ2) is 7.96. The molecular weight excluding hydrogens is 287 g/mol. The maximum Gasteiger partial charge on any atom is 0.401 e. The van der Waals surface area contributed by atoms with Crippen LogP contribution >= 0.6 is 0 Å². The first-order valence-corrected chi connectivity index (χ1v) is 6.32. The van der Waals surface area contributed by atoms with Crippen molar-refractivity contribution in [1.82, 2.24) is 10.3 Å². The van der Waals surface area contributed by atoms with Crippen LogP contribution in [0.2, 0.25) is 0 Å². The van der Waals surface area contributed by atoms with Crippen LogP contribution in [0.25, 0.3) is 0 Å². The van der Waals surface area contributed by atoms with Crippen LogP contribution < -0.4 is 11.3 Å². The largest absolute Gasteiger partial charge is 0.401 e. The minimum absolute atomic E-state index is 0.00586. The SMILES string of the molecule is NNC(=O)Cc1ccccc1CN(CCO)CC(F)(F)F. The number of rotatable bonds is 7. The Morgan fingerprint density at radius 1 is 1.29 bits per heavy atom. The monoisotopic (exact) mass is 305 g/mol. The standard InChI is InChI=1S/C13H18F3N3O2/c14-13(15,16)9-19(5-6-20)8-11-4-2-1-3-10(11)7-12(21)18-17/h1-4,20H,5-9,17H2,(H,18,21). The van der Waals surface area contributed by atoms with Crippen LogP contribution in [-0.4, -0.2) is 41.8 Å². The zero-order valence-corrected chi connectivity index (χ0v) is 11.4. The Balaban J connectivity index is 2.85. The summed E-state index contributed by atoms with van der Waals surface area (Å²) in [5.41, 5.74) is 3.18. The summed E-state index contributed by atoms with van der Waals surface area (Å²) in [6.07, 6.45) is -4.36. The smallest absolute Gasteiger partial charge is 0.395 e. The number of alkyl halides is 3. The fraction of sp³-hybridized carbons (Fsp3) is 0.462. The molecule has 0 unspecified atom stereocenters. The van der Waals surface area contributed by atoms with Gasteiger partial charge in [0, 0.05) is 13.1 Å². The molecule has 5 nitrogen and oxygen atoms in total. The van der Waals surface area contributed by atoms with E-state index in [1.54, 1.807) is 24.3 Å². The molecule has 0 fully saturated rings. The quantitative estimate of drug-likeness (QED) is 0.391. The molecule has 4 N–H and O–H groups in total. The van der Waals surface area contributed by atoms with E-state index in [1.807, 2.05) is 5.43 Å². The van der Waals surface area contributed by atoms with Gasteiger partial charge in [0.15, 0.2) is 0 Å². The fourth-order valence-corrected chi connectivity index (χ4v) is 1.96. The van der Waals surface area contributed by atoms with E-state index in [2.05, 4.69) is 0 Å². The molecular formula is C13H18F3N3O2. The molecule has 0 radical (unpaired) electrons. The first kappa shape index (κ1) is 17.4. The average molecular weight is 305 g/mol. The molecule has 118 valence electrons. The number of nitrogens with one attached hydrogen (secondary N) is 1. The van der Waals surface area contributed by atoms with Crippen LogP contribution in [0, 0.1) is 0 Å². The van der Waals surface area contributed by atoms with Gasteiger partial charge in [-0.1, -0.05) is 24.3 Å². The Kier molecular flexibility index (Phi) is 6.60. The molecule has 0 atom stereocenters. The number of carbonyl (C=O) groups is 1. The molecule has 0 saturated carbocycles. The maximum atomic E-state index is 12.5. The van der Waals surface area contributed by atoms with Gasteiger partial charge in [0.1, 0.15) is 0 Å². The highest BCUT2D eigenvalue weighted by molar-refractivity contribution is 5.78. The molecule has 0 bridgehead atoms. The van der Waals surface area contributed by atoms with Gasteiger partial charge >= 0.3 is 6.18 Å².